The summed E-state index contributed by atoms with van der Waals surface area (Å²) in [6.07, 6.45) is 6.36. The number of carbonyl (C=O) groups is 3. The first kappa shape index (κ1) is 45.1. The van der Waals surface area contributed by atoms with E-state index in [0.717, 1.165) is 61.8 Å². The predicted octanol–water partition coefficient (Wildman–Crippen LogP) is 7.33. The number of ether oxygens (including phenoxy) is 1. The number of nitrogens with zero attached hydrogens (tertiary/aromatic N) is 1. The SMILES string of the molecule is COc1ccc([C@@H]2[C@@H](CC[C@H](O)c3ccc(F)cc3)C(=O)N2c2ccc(CNC(=O)CCCCCCCCCCC(=O)NC[C@H](O)/C(O)=C(O)/C(O)=C/O)cc2)cc1. The van der Waals surface area contributed by atoms with Crippen LogP contribution in [0.4, 0.5) is 10.1 Å². The molecule has 0 unspecified atom stereocenters. The van der Waals surface area contributed by atoms with E-state index in [0.29, 0.717) is 43.5 Å². The van der Waals surface area contributed by atoms with Gasteiger partial charge in [-0.2, -0.15) is 0 Å². The molecule has 3 amide bonds. The summed E-state index contributed by atoms with van der Waals surface area (Å²) < 4.78 is 18.7. The van der Waals surface area contributed by atoms with Crippen LogP contribution in [0.3, 0.4) is 0 Å². The van der Waals surface area contributed by atoms with Crippen molar-refractivity contribution in [2.75, 3.05) is 18.6 Å². The molecule has 4 atom stereocenters. The van der Waals surface area contributed by atoms with Gasteiger partial charge in [0.15, 0.2) is 11.5 Å². The van der Waals surface area contributed by atoms with Crippen molar-refractivity contribution in [1.29, 1.82) is 0 Å². The highest BCUT2D eigenvalue weighted by atomic mass is 19.1. The van der Waals surface area contributed by atoms with Crippen molar-refractivity contribution in [2.24, 2.45) is 5.92 Å². The van der Waals surface area contributed by atoms with Crippen molar-refractivity contribution in [2.45, 2.75) is 102 Å². The first-order valence-corrected chi connectivity index (χ1v) is 19.8. The Bertz CT molecular complexity index is 1830. The van der Waals surface area contributed by atoms with Gasteiger partial charge in [0.2, 0.25) is 23.5 Å². The molecular formula is C44H56FN3O10. The number of rotatable bonds is 24. The fourth-order valence-corrected chi connectivity index (χ4v) is 6.93. The Morgan fingerprint density at radius 1 is 0.810 bits per heavy atom. The van der Waals surface area contributed by atoms with Crippen LogP contribution in [0.2, 0.25) is 0 Å². The van der Waals surface area contributed by atoms with Gasteiger partial charge in [0.05, 0.1) is 31.7 Å². The Labute approximate surface area is 338 Å². The van der Waals surface area contributed by atoms with Crippen molar-refractivity contribution < 1.29 is 54.2 Å². The number of hydrogen-bond donors (Lipinski definition) is 8. The number of amides is 3. The number of anilines is 1. The number of nitrogens with one attached hydrogen (secondary N) is 2. The molecule has 8 N–H and O–H groups in total. The largest absolute Gasteiger partial charge is 0.512 e. The Hall–Kier alpha value is -5.60. The second kappa shape index (κ2) is 23.0. The Morgan fingerprint density at radius 2 is 1.38 bits per heavy atom. The van der Waals surface area contributed by atoms with E-state index in [-0.39, 0.29) is 54.7 Å². The molecule has 4 rings (SSSR count). The second-order valence-electron chi connectivity index (χ2n) is 14.5. The molecule has 0 aromatic heterocycles. The molecule has 0 saturated carbocycles. The fourth-order valence-electron chi connectivity index (χ4n) is 6.93. The van der Waals surface area contributed by atoms with E-state index in [2.05, 4.69) is 10.6 Å². The molecule has 1 fully saturated rings. The third-order valence-electron chi connectivity index (χ3n) is 10.4. The molecule has 58 heavy (non-hydrogen) atoms. The maximum Gasteiger partial charge on any atom is 0.233 e. The number of carbonyl (C=O) groups excluding carboxylic acids is 3. The standard InChI is InChI=1S/C44H56FN3O10/c1-58-34-22-16-31(17-23-34)41-35(24-25-36(50)30-14-18-32(45)19-15-30)44(57)48(41)33-20-12-29(13-21-33)26-46-39(53)10-8-6-4-2-3-5-7-9-11-40(54)47-27-37(51)42(55)43(56)38(52)28-49/h12-23,28,35-37,41,49-52,55-56H,2-11,24-27H2,1H3,(H,46,53)(H,47,54)/b38-28-,43-42+/t35-,36+,37+,41-/m1/s1. The Kier molecular flexibility index (Phi) is 17.9. The van der Waals surface area contributed by atoms with Crippen LogP contribution in [0.5, 0.6) is 5.75 Å². The molecule has 0 spiro atoms. The number of β-lactam (4-membered cyclic amide) rings is 1. The molecule has 1 aliphatic rings. The van der Waals surface area contributed by atoms with Crippen molar-refractivity contribution in [3.63, 3.8) is 0 Å². The molecule has 0 radical (unpaired) electrons. The summed E-state index contributed by atoms with van der Waals surface area (Å²) in [5, 5.41) is 62.9. The van der Waals surface area contributed by atoms with Gasteiger partial charge in [-0.1, -0.05) is 74.9 Å². The predicted molar refractivity (Wildman–Crippen MR) is 216 cm³/mol. The zero-order chi connectivity index (χ0) is 42.0. The summed E-state index contributed by atoms with van der Waals surface area (Å²) in [7, 11) is 1.60. The molecule has 1 heterocycles. The minimum atomic E-state index is -1.65. The molecule has 0 bridgehead atoms. The smallest absolute Gasteiger partial charge is 0.233 e. The van der Waals surface area contributed by atoms with Crippen LogP contribution >= 0.6 is 0 Å². The lowest BCUT2D eigenvalue weighted by molar-refractivity contribution is -0.131. The summed E-state index contributed by atoms with van der Waals surface area (Å²) >= 11 is 0. The number of aliphatic hydroxyl groups is 6. The lowest BCUT2D eigenvalue weighted by Crippen LogP contribution is -2.55. The maximum atomic E-state index is 13.6. The zero-order valence-electron chi connectivity index (χ0n) is 32.9. The van der Waals surface area contributed by atoms with E-state index in [4.69, 9.17) is 9.84 Å². The van der Waals surface area contributed by atoms with E-state index in [1.165, 1.54) is 12.1 Å². The number of halogens is 1. The zero-order valence-corrected chi connectivity index (χ0v) is 32.9. The quantitative estimate of drug-likeness (QED) is 0.0196. The van der Waals surface area contributed by atoms with Crippen LogP contribution in [0.15, 0.2) is 96.3 Å². The first-order chi connectivity index (χ1) is 27.9. The molecule has 0 aliphatic carbocycles. The van der Waals surface area contributed by atoms with Crippen molar-refractivity contribution in [3.8, 4) is 5.75 Å². The van der Waals surface area contributed by atoms with Gasteiger partial charge < -0.3 is 50.9 Å². The second-order valence-corrected chi connectivity index (χ2v) is 14.5. The number of unbranched alkanes of at least 4 members (excludes halogenated alkanes) is 7. The molecule has 14 heteroatoms. The van der Waals surface area contributed by atoms with E-state index >= 15 is 0 Å². The number of benzene rings is 3. The van der Waals surface area contributed by atoms with Gasteiger partial charge in [-0.3, -0.25) is 14.4 Å². The summed E-state index contributed by atoms with van der Waals surface area (Å²) in [5.41, 5.74) is 3.20. The third kappa shape index (κ3) is 13.2. The van der Waals surface area contributed by atoms with E-state index in [1.54, 1.807) is 24.1 Å². The fraction of sp³-hybridized carbons (Fsp3) is 0.432. The lowest BCUT2D eigenvalue weighted by Gasteiger charge is -2.48. The molecule has 3 aromatic rings. The van der Waals surface area contributed by atoms with E-state index < -0.39 is 29.5 Å². The van der Waals surface area contributed by atoms with E-state index in [9.17, 15) is 44.3 Å². The molecule has 1 aliphatic heterocycles. The average molecular weight is 806 g/mol. The van der Waals surface area contributed by atoms with E-state index in [1.807, 2.05) is 48.5 Å². The topological polar surface area (TPSA) is 209 Å². The van der Waals surface area contributed by atoms with Crippen LogP contribution < -0.4 is 20.3 Å². The van der Waals surface area contributed by atoms with Crippen molar-refractivity contribution >= 4 is 23.4 Å². The van der Waals surface area contributed by atoms with Crippen molar-refractivity contribution in [3.05, 3.63) is 119 Å². The van der Waals surface area contributed by atoms with Gasteiger partial charge in [0.1, 0.15) is 23.9 Å². The van der Waals surface area contributed by atoms with Crippen LogP contribution in [-0.4, -0.2) is 68.1 Å². The van der Waals surface area contributed by atoms with Crippen LogP contribution in [0, 0.1) is 11.7 Å². The summed E-state index contributed by atoms with van der Waals surface area (Å²) in [5.74, 6) is -3.47. The van der Waals surface area contributed by atoms with Crippen LogP contribution in [-0.2, 0) is 20.9 Å². The summed E-state index contributed by atoms with van der Waals surface area (Å²) in [4.78, 5) is 39.9. The molecule has 1 saturated heterocycles. The molecule has 3 aromatic carbocycles. The summed E-state index contributed by atoms with van der Waals surface area (Å²) in [6.45, 7) is -0.000417. The highest BCUT2D eigenvalue weighted by molar-refractivity contribution is 6.03. The van der Waals surface area contributed by atoms with Gasteiger partial charge in [-0.15, -0.1) is 0 Å². The van der Waals surface area contributed by atoms with Gasteiger partial charge in [0.25, 0.3) is 0 Å². The number of methoxy groups -OCH3 is 1. The summed E-state index contributed by atoms with van der Waals surface area (Å²) in [6, 6.07) is 20.7. The first-order valence-electron chi connectivity index (χ1n) is 19.8. The van der Waals surface area contributed by atoms with Gasteiger partial charge in [-0.05, 0) is 78.8 Å². The number of hydrogen-bond acceptors (Lipinski definition) is 10. The average Bonchev–Trinajstić information content (AvgIpc) is 3.24. The normalized spacial score (nSPS) is 16.9. The Balaban J connectivity index is 1.11. The Morgan fingerprint density at radius 3 is 1.95 bits per heavy atom. The lowest BCUT2D eigenvalue weighted by atomic mass is 9.78. The van der Waals surface area contributed by atoms with Gasteiger partial charge in [0, 0.05) is 25.1 Å². The molecular weight excluding hydrogens is 749 g/mol. The van der Waals surface area contributed by atoms with Crippen LogP contribution in [0.25, 0.3) is 0 Å². The minimum absolute atomic E-state index is 0.0267. The highest BCUT2D eigenvalue weighted by Crippen LogP contribution is 2.46. The minimum Gasteiger partial charge on any atom is -0.512 e. The van der Waals surface area contributed by atoms with Crippen molar-refractivity contribution in [1.82, 2.24) is 10.6 Å². The number of aliphatic hydroxyl groups excluding tert-OH is 6. The third-order valence-corrected chi connectivity index (χ3v) is 10.4. The maximum absolute atomic E-state index is 13.6. The van der Waals surface area contributed by atoms with Crippen LogP contribution in [0.1, 0.15) is 106 Å². The monoisotopic (exact) mass is 805 g/mol. The van der Waals surface area contributed by atoms with Gasteiger partial charge in [-0.25, -0.2) is 4.39 Å². The molecule has 13 nitrogen and oxygen atoms in total. The molecule has 314 valence electrons. The van der Waals surface area contributed by atoms with Gasteiger partial charge >= 0.3 is 0 Å². The highest BCUT2D eigenvalue weighted by Gasteiger charge is 2.48.